The predicted molar refractivity (Wildman–Crippen MR) is 119 cm³/mol. The van der Waals surface area contributed by atoms with Crippen molar-refractivity contribution in [2.24, 2.45) is 0 Å². The number of rotatable bonds is 5. The van der Waals surface area contributed by atoms with Gasteiger partial charge in [0, 0.05) is 25.0 Å². The first-order chi connectivity index (χ1) is 16.2. The summed E-state index contributed by atoms with van der Waals surface area (Å²) in [4.78, 5) is 12.1. The highest BCUT2D eigenvalue weighted by atomic mass is 31.2. The molecule has 182 valence electrons. The summed E-state index contributed by atoms with van der Waals surface area (Å²) >= 11 is 0. The average molecular weight is 492 g/mol. The van der Waals surface area contributed by atoms with Crippen molar-refractivity contribution in [3.63, 3.8) is 0 Å². The Hall–Kier alpha value is -2.64. The second-order valence-corrected chi connectivity index (χ2v) is 9.99. The van der Waals surface area contributed by atoms with Crippen molar-refractivity contribution in [1.82, 2.24) is 19.5 Å². The fraction of sp³-hybridized carbons (Fsp3) is 0.450. The molecule has 5 heterocycles. The number of aliphatic hydroxyl groups is 2. The molecule has 3 aromatic rings. The molecule has 3 aromatic heterocycles. The Kier molecular flexibility index (Phi) is 5.81. The fourth-order valence-corrected chi connectivity index (χ4v) is 5.57. The molecule has 0 aromatic carbocycles. The van der Waals surface area contributed by atoms with Gasteiger partial charge < -0.3 is 31.0 Å². The third kappa shape index (κ3) is 4.05. The van der Waals surface area contributed by atoms with Crippen LogP contribution in [0, 0.1) is 0 Å². The van der Waals surface area contributed by atoms with Crippen LogP contribution in [0.25, 0.3) is 11.0 Å². The molecule has 14 heteroatoms. The van der Waals surface area contributed by atoms with E-state index in [0.29, 0.717) is 17.5 Å². The summed E-state index contributed by atoms with van der Waals surface area (Å²) in [7, 11) is -3.95. The lowest BCUT2D eigenvalue weighted by molar-refractivity contribution is -0.0950. The van der Waals surface area contributed by atoms with Crippen molar-refractivity contribution >= 4 is 30.6 Å². The second kappa shape index (κ2) is 8.54. The topological polar surface area (TPSA) is 190 Å². The van der Waals surface area contributed by atoms with E-state index in [1.165, 1.54) is 11.5 Å². The Bertz CT molecular complexity index is 1240. The van der Waals surface area contributed by atoms with Crippen molar-refractivity contribution in [2.75, 3.05) is 24.7 Å². The molecule has 0 bridgehead atoms. The molecule has 2 aliphatic rings. The third-order valence-electron chi connectivity index (χ3n) is 5.96. The number of pyridine rings is 1. The molecular formula is C20H25N6O7P. The van der Waals surface area contributed by atoms with Gasteiger partial charge in [-0.3, -0.25) is 18.6 Å². The minimum atomic E-state index is -3.95. The standard InChI is InChI=1S/C20H25N6O7P/c1-20(28)15(27)14(32-18(20)26-7-4-12-16(21)24-19(22)25-17(12)26)10-31-34(29)30-8-5-13(33-34)11-3-2-6-23-9-11/h2-4,6-7,9,13-15,18,27-28H,5,8,10H2,1H3,(H4,21,22,24,25)/t13-,14+,15+,18+,20+,34?/m0/s1. The number of phosphoric ester groups is 1. The Morgan fingerprint density at radius 3 is 2.94 bits per heavy atom. The van der Waals surface area contributed by atoms with Crippen LogP contribution in [0.4, 0.5) is 11.8 Å². The van der Waals surface area contributed by atoms with E-state index in [0.717, 1.165) is 5.56 Å². The number of fused-ring (bicyclic) bond motifs is 1. The van der Waals surface area contributed by atoms with Crippen molar-refractivity contribution in [2.45, 2.75) is 43.5 Å². The maximum atomic E-state index is 13.1. The molecule has 2 fully saturated rings. The van der Waals surface area contributed by atoms with Crippen LogP contribution < -0.4 is 11.5 Å². The zero-order valence-corrected chi connectivity index (χ0v) is 19.1. The van der Waals surface area contributed by atoms with E-state index >= 15 is 0 Å². The summed E-state index contributed by atoms with van der Waals surface area (Å²) in [5.41, 5.74) is 10.9. The number of aromatic nitrogens is 4. The summed E-state index contributed by atoms with van der Waals surface area (Å²) in [6, 6.07) is 5.21. The summed E-state index contributed by atoms with van der Waals surface area (Å²) in [6.45, 7) is 1.21. The smallest absolute Gasteiger partial charge is 0.387 e. The molecule has 0 aliphatic carbocycles. The van der Waals surface area contributed by atoms with E-state index in [2.05, 4.69) is 15.0 Å². The zero-order chi connectivity index (χ0) is 24.1. The van der Waals surface area contributed by atoms with Crippen LogP contribution in [0.2, 0.25) is 0 Å². The monoisotopic (exact) mass is 492 g/mol. The first kappa shape index (κ1) is 23.1. The number of hydrogen-bond donors (Lipinski definition) is 4. The van der Waals surface area contributed by atoms with Crippen molar-refractivity contribution in [3.8, 4) is 0 Å². The fourth-order valence-electron chi connectivity index (χ4n) is 4.18. The zero-order valence-electron chi connectivity index (χ0n) is 18.2. The number of hydrogen-bond acceptors (Lipinski definition) is 12. The van der Waals surface area contributed by atoms with Crippen LogP contribution in [-0.2, 0) is 22.9 Å². The van der Waals surface area contributed by atoms with Gasteiger partial charge in [0.05, 0.1) is 24.7 Å². The van der Waals surface area contributed by atoms with Crippen molar-refractivity contribution in [1.29, 1.82) is 0 Å². The van der Waals surface area contributed by atoms with E-state index < -0.39 is 38.0 Å². The highest BCUT2D eigenvalue weighted by Gasteiger charge is 2.54. The number of aliphatic hydroxyl groups excluding tert-OH is 1. The van der Waals surface area contributed by atoms with Crippen molar-refractivity contribution in [3.05, 3.63) is 42.4 Å². The number of anilines is 2. The van der Waals surface area contributed by atoms with Crippen LogP contribution in [0.1, 0.15) is 31.2 Å². The van der Waals surface area contributed by atoms with Gasteiger partial charge in [0.1, 0.15) is 29.3 Å². The normalized spacial score (nSPS) is 34.0. The maximum absolute atomic E-state index is 13.1. The van der Waals surface area contributed by atoms with E-state index in [4.69, 9.17) is 29.8 Å². The van der Waals surface area contributed by atoms with Crippen LogP contribution in [0.5, 0.6) is 0 Å². The second-order valence-electron chi connectivity index (χ2n) is 8.37. The molecule has 34 heavy (non-hydrogen) atoms. The minimum absolute atomic E-state index is 0.0455. The molecule has 0 saturated carbocycles. The SMILES string of the molecule is C[C@@]1(O)[C@H](O)[C@@H](COP2(=O)OCC[C@@H](c3cccnc3)O2)O[C@H]1n1ccc2c(N)nc(N)nc21. The number of nitrogens with two attached hydrogens (primary N) is 2. The van der Waals surface area contributed by atoms with Gasteiger partial charge >= 0.3 is 7.82 Å². The average Bonchev–Trinajstić information content (AvgIpc) is 3.32. The Morgan fingerprint density at radius 2 is 2.18 bits per heavy atom. The van der Waals surface area contributed by atoms with Gasteiger partial charge in [-0.1, -0.05) is 6.07 Å². The molecular weight excluding hydrogens is 467 g/mol. The lowest BCUT2D eigenvalue weighted by Crippen LogP contribution is -2.44. The quantitative estimate of drug-likeness (QED) is 0.374. The number of nitrogen functional groups attached to an aromatic ring is 2. The predicted octanol–water partition coefficient (Wildman–Crippen LogP) is 1.30. The van der Waals surface area contributed by atoms with Gasteiger partial charge in [0.15, 0.2) is 6.23 Å². The van der Waals surface area contributed by atoms with Crippen molar-refractivity contribution < 1.29 is 33.1 Å². The highest BCUT2D eigenvalue weighted by Crippen LogP contribution is 2.57. The molecule has 5 rings (SSSR count). The molecule has 6 atom stereocenters. The number of nitrogens with zero attached hydrogens (tertiary/aromatic N) is 4. The van der Waals surface area contributed by atoms with E-state index in [9.17, 15) is 14.8 Å². The van der Waals surface area contributed by atoms with E-state index in [1.807, 2.05) is 6.07 Å². The van der Waals surface area contributed by atoms with Gasteiger partial charge in [-0.2, -0.15) is 9.97 Å². The third-order valence-corrected chi connectivity index (χ3v) is 7.44. The minimum Gasteiger partial charge on any atom is -0.387 e. The molecule has 2 aliphatic heterocycles. The summed E-state index contributed by atoms with van der Waals surface area (Å²) in [6.07, 6.45) is 1.30. The number of phosphoric acid groups is 1. The molecule has 6 N–H and O–H groups in total. The molecule has 2 saturated heterocycles. The highest BCUT2D eigenvalue weighted by molar-refractivity contribution is 7.48. The number of ether oxygens (including phenoxy) is 1. The lowest BCUT2D eigenvalue weighted by atomic mass is 9.96. The first-order valence-corrected chi connectivity index (χ1v) is 12.1. The molecule has 0 spiro atoms. The van der Waals surface area contributed by atoms with Gasteiger partial charge in [-0.05, 0) is 24.6 Å². The first-order valence-electron chi connectivity index (χ1n) is 10.6. The van der Waals surface area contributed by atoms with Crippen LogP contribution in [-0.4, -0.2) is 60.8 Å². The summed E-state index contributed by atoms with van der Waals surface area (Å²) in [5, 5.41) is 22.4. The van der Waals surface area contributed by atoms with E-state index in [-0.39, 0.29) is 25.0 Å². The van der Waals surface area contributed by atoms with Gasteiger partial charge in [0.2, 0.25) is 5.95 Å². The van der Waals surface area contributed by atoms with E-state index in [1.54, 1.807) is 30.7 Å². The van der Waals surface area contributed by atoms with Crippen LogP contribution in [0.15, 0.2) is 36.8 Å². The van der Waals surface area contributed by atoms with Crippen LogP contribution in [0.3, 0.4) is 0 Å². The van der Waals surface area contributed by atoms with Gasteiger partial charge in [0.25, 0.3) is 0 Å². The molecule has 0 radical (unpaired) electrons. The molecule has 0 amide bonds. The largest absolute Gasteiger partial charge is 0.475 e. The lowest BCUT2D eigenvalue weighted by Gasteiger charge is -2.30. The maximum Gasteiger partial charge on any atom is 0.475 e. The Balaban J connectivity index is 1.33. The Morgan fingerprint density at radius 1 is 1.35 bits per heavy atom. The Labute approximate surface area is 194 Å². The molecule has 13 nitrogen and oxygen atoms in total. The van der Waals surface area contributed by atoms with Crippen LogP contribution >= 0.6 is 7.82 Å². The summed E-state index contributed by atoms with van der Waals surface area (Å²) < 4.78 is 36.9. The van der Waals surface area contributed by atoms with Gasteiger partial charge in [-0.15, -0.1) is 0 Å². The van der Waals surface area contributed by atoms with Gasteiger partial charge in [-0.25, -0.2) is 4.57 Å². The summed E-state index contributed by atoms with van der Waals surface area (Å²) in [5.74, 6) is 0.128. The molecule has 1 unspecified atom stereocenters.